The predicted molar refractivity (Wildman–Crippen MR) is 72.9 cm³/mol. The Morgan fingerprint density at radius 1 is 1.53 bits per heavy atom. The quantitative estimate of drug-likeness (QED) is 0.854. The zero-order valence-electron chi connectivity index (χ0n) is 10.8. The minimum Gasteiger partial charge on any atom is -0.352 e. The average molecular weight is 258 g/mol. The van der Waals surface area contributed by atoms with E-state index in [2.05, 4.69) is 15.6 Å². The first-order valence-electron chi connectivity index (χ1n) is 6.74. The lowest BCUT2D eigenvalue weighted by molar-refractivity contribution is -0.121. The van der Waals surface area contributed by atoms with Crippen molar-refractivity contribution in [3.63, 3.8) is 0 Å². The molecule has 3 heterocycles. The Bertz CT molecular complexity index is 539. The Hall–Kier alpha value is -1.88. The molecule has 0 radical (unpaired) electrons. The first-order valence-corrected chi connectivity index (χ1v) is 6.74. The van der Waals surface area contributed by atoms with Crippen LogP contribution in [0.2, 0.25) is 0 Å². The number of nitrogens with zero attached hydrogens (tertiary/aromatic N) is 2. The van der Waals surface area contributed by atoms with E-state index in [1.54, 1.807) is 0 Å². The molecule has 1 atom stereocenters. The number of aromatic nitrogens is 2. The van der Waals surface area contributed by atoms with Crippen LogP contribution in [0.1, 0.15) is 18.5 Å². The largest absolute Gasteiger partial charge is 0.352 e. The van der Waals surface area contributed by atoms with Gasteiger partial charge in [0.25, 0.3) is 0 Å². The van der Waals surface area contributed by atoms with Crippen molar-refractivity contribution in [1.29, 1.82) is 0 Å². The van der Waals surface area contributed by atoms with E-state index < -0.39 is 0 Å². The fraction of sp³-hybridized carbons (Fsp3) is 0.429. The van der Waals surface area contributed by atoms with E-state index in [9.17, 15) is 4.79 Å². The summed E-state index contributed by atoms with van der Waals surface area (Å²) in [5.74, 6) is 0.0529. The molecule has 1 amide bonds. The number of pyridine rings is 1. The van der Waals surface area contributed by atoms with Crippen LogP contribution < -0.4 is 10.6 Å². The van der Waals surface area contributed by atoms with E-state index in [1.807, 2.05) is 35.0 Å². The summed E-state index contributed by atoms with van der Waals surface area (Å²) >= 11 is 0. The highest BCUT2D eigenvalue weighted by atomic mass is 16.1. The van der Waals surface area contributed by atoms with E-state index >= 15 is 0 Å². The van der Waals surface area contributed by atoms with Crippen molar-refractivity contribution in [3.8, 4) is 0 Å². The predicted octanol–water partition coefficient (Wildman–Crippen LogP) is 0.745. The molecule has 2 N–H and O–H groups in total. The summed E-state index contributed by atoms with van der Waals surface area (Å²) in [7, 11) is 0. The topological polar surface area (TPSA) is 58.4 Å². The fourth-order valence-corrected chi connectivity index (χ4v) is 2.49. The Labute approximate surface area is 112 Å². The standard InChI is InChI=1S/C14H18N4O/c19-14(17-11-4-3-6-15-9-11)8-12-10-18-7-2-1-5-13(18)16-12/h1-2,5,7,10-11,15H,3-4,6,8-9H2,(H,17,19). The number of hydrogen-bond donors (Lipinski definition) is 2. The minimum absolute atomic E-state index is 0.0529. The van der Waals surface area contributed by atoms with Crippen LogP contribution in [0.5, 0.6) is 0 Å². The van der Waals surface area contributed by atoms with E-state index in [0.717, 1.165) is 37.3 Å². The minimum atomic E-state index is 0.0529. The number of amides is 1. The highest BCUT2D eigenvalue weighted by molar-refractivity contribution is 5.78. The van der Waals surface area contributed by atoms with Gasteiger partial charge in [0.1, 0.15) is 5.65 Å². The van der Waals surface area contributed by atoms with E-state index in [-0.39, 0.29) is 11.9 Å². The molecule has 1 fully saturated rings. The number of fused-ring (bicyclic) bond motifs is 1. The number of rotatable bonds is 3. The van der Waals surface area contributed by atoms with Crippen molar-refractivity contribution in [2.75, 3.05) is 13.1 Å². The van der Waals surface area contributed by atoms with Crippen molar-refractivity contribution in [3.05, 3.63) is 36.3 Å². The molecule has 5 nitrogen and oxygen atoms in total. The van der Waals surface area contributed by atoms with Crippen molar-refractivity contribution in [1.82, 2.24) is 20.0 Å². The lowest BCUT2D eigenvalue weighted by atomic mass is 10.1. The van der Waals surface area contributed by atoms with E-state index in [4.69, 9.17) is 0 Å². The van der Waals surface area contributed by atoms with Gasteiger partial charge >= 0.3 is 0 Å². The molecule has 0 bridgehead atoms. The molecule has 2 aromatic heterocycles. The van der Waals surface area contributed by atoms with Gasteiger partial charge in [0.2, 0.25) is 5.91 Å². The summed E-state index contributed by atoms with van der Waals surface area (Å²) in [5.41, 5.74) is 1.69. The lowest BCUT2D eigenvalue weighted by Crippen LogP contribution is -2.46. The third kappa shape index (κ3) is 2.93. The molecule has 100 valence electrons. The number of nitrogens with one attached hydrogen (secondary N) is 2. The number of carbonyl (C=O) groups is 1. The smallest absolute Gasteiger partial charge is 0.226 e. The first-order chi connectivity index (χ1) is 9.31. The molecule has 19 heavy (non-hydrogen) atoms. The average Bonchev–Trinajstić information content (AvgIpc) is 2.81. The second-order valence-electron chi connectivity index (χ2n) is 4.99. The Balaban J connectivity index is 1.62. The first kappa shape index (κ1) is 12.2. The highest BCUT2D eigenvalue weighted by Gasteiger charge is 2.16. The van der Waals surface area contributed by atoms with Crippen molar-refractivity contribution < 1.29 is 4.79 Å². The van der Waals surface area contributed by atoms with Crippen LogP contribution in [-0.4, -0.2) is 34.4 Å². The fourth-order valence-electron chi connectivity index (χ4n) is 2.49. The van der Waals surface area contributed by atoms with Gasteiger partial charge in [0, 0.05) is 25.0 Å². The summed E-state index contributed by atoms with van der Waals surface area (Å²) in [6.45, 7) is 1.93. The summed E-state index contributed by atoms with van der Waals surface area (Å²) < 4.78 is 1.94. The maximum absolute atomic E-state index is 12.0. The molecular formula is C14H18N4O. The zero-order valence-corrected chi connectivity index (χ0v) is 10.8. The molecule has 5 heteroatoms. The Morgan fingerprint density at radius 3 is 3.26 bits per heavy atom. The molecule has 1 aliphatic rings. The molecule has 0 saturated carbocycles. The molecule has 0 aliphatic carbocycles. The van der Waals surface area contributed by atoms with Crippen LogP contribution in [0.4, 0.5) is 0 Å². The highest BCUT2D eigenvalue weighted by Crippen LogP contribution is 2.06. The summed E-state index contributed by atoms with van der Waals surface area (Å²) in [6.07, 6.45) is 6.38. The third-order valence-corrected chi connectivity index (χ3v) is 3.42. The number of carbonyl (C=O) groups excluding carboxylic acids is 1. The van der Waals surface area contributed by atoms with Gasteiger partial charge in [-0.25, -0.2) is 4.98 Å². The van der Waals surface area contributed by atoms with E-state index in [0.29, 0.717) is 6.42 Å². The number of hydrogen-bond acceptors (Lipinski definition) is 3. The van der Waals surface area contributed by atoms with Gasteiger partial charge in [-0.1, -0.05) is 6.07 Å². The molecule has 0 aromatic carbocycles. The van der Waals surface area contributed by atoms with Gasteiger partial charge < -0.3 is 15.0 Å². The Kier molecular flexibility index (Phi) is 3.46. The molecule has 1 unspecified atom stereocenters. The van der Waals surface area contributed by atoms with Gasteiger partial charge in [-0.15, -0.1) is 0 Å². The molecular weight excluding hydrogens is 240 g/mol. The van der Waals surface area contributed by atoms with E-state index in [1.165, 1.54) is 0 Å². The monoisotopic (exact) mass is 258 g/mol. The maximum atomic E-state index is 12.0. The number of piperidine rings is 1. The summed E-state index contributed by atoms with van der Waals surface area (Å²) in [6, 6.07) is 6.09. The van der Waals surface area contributed by atoms with Gasteiger partial charge in [0.15, 0.2) is 0 Å². The van der Waals surface area contributed by atoms with Crippen molar-refractivity contribution in [2.45, 2.75) is 25.3 Å². The molecule has 0 spiro atoms. The van der Waals surface area contributed by atoms with Crippen LogP contribution in [0, 0.1) is 0 Å². The second-order valence-corrected chi connectivity index (χ2v) is 4.99. The van der Waals surface area contributed by atoms with Crippen LogP contribution in [-0.2, 0) is 11.2 Å². The van der Waals surface area contributed by atoms with Gasteiger partial charge in [-0.05, 0) is 31.5 Å². The zero-order chi connectivity index (χ0) is 13.1. The van der Waals surface area contributed by atoms with Gasteiger partial charge in [-0.2, -0.15) is 0 Å². The number of imidazole rings is 1. The lowest BCUT2D eigenvalue weighted by Gasteiger charge is -2.23. The Morgan fingerprint density at radius 2 is 2.47 bits per heavy atom. The summed E-state index contributed by atoms with van der Waals surface area (Å²) in [5, 5.41) is 6.35. The van der Waals surface area contributed by atoms with Crippen LogP contribution >= 0.6 is 0 Å². The van der Waals surface area contributed by atoms with Gasteiger partial charge in [-0.3, -0.25) is 4.79 Å². The second kappa shape index (κ2) is 5.40. The maximum Gasteiger partial charge on any atom is 0.226 e. The SMILES string of the molecule is O=C(Cc1cn2ccccc2n1)NC1CCCNC1. The summed E-state index contributed by atoms with van der Waals surface area (Å²) in [4.78, 5) is 16.4. The van der Waals surface area contributed by atoms with Crippen LogP contribution in [0.15, 0.2) is 30.6 Å². The van der Waals surface area contributed by atoms with Crippen molar-refractivity contribution in [2.24, 2.45) is 0 Å². The van der Waals surface area contributed by atoms with Gasteiger partial charge in [0.05, 0.1) is 12.1 Å². The van der Waals surface area contributed by atoms with Crippen LogP contribution in [0.25, 0.3) is 5.65 Å². The van der Waals surface area contributed by atoms with Crippen molar-refractivity contribution >= 4 is 11.6 Å². The normalized spacial score (nSPS) is 19.5. The molecule has 1 aliphatic heterocycles. The third-order valence-electron chi connectivity index (χ3n) is 3.42. The van der Waals surface area contributed by atoms with Crippen LogP contribution in [0.3, 0.4) is 0 Å². The molecule has 3 rings (SSSR count). The molecule has 2 aromatic rings. The molecule has 1 saturated heterocycles.